The molecule has 0 spiro atoms. The molecule has 50 heavy (non-hydrogen) atoms. The smallest absolute Gasteiger partial charge is 0.0782 e. The Balaban J connectivity index is 1.28. The number of fused-ring (bicyclic) bond motifs is 10. The maximum Gasteiger partial charge on any atom is 0.0782 e. The molecule has 0 saturated heterocycles. The molecule has 3 aromatic heterocycles. The van der Waals surface area contributed by atoms with Crippen molar-refractivity contribution in [3.8, 4) is 5.69 Å². The van der Waals surface area contributed by atoms with Crippen molar-refractivity contribution in [2.75, 3.05) is 4.90 Å². The minimum atomic E-state index is 1.15. The summed E-state index contributed by atoms with van der Waals surface area (Å²) < 4.78 is 7.66. The topological polar surface area (TPSA) is 8.17 Å². The molecule has 234 valence electrons. The average Bonchev–Trinajstić information content (AvgIpc) is 3.84. The Hall–Kier alpha value is -5.94. The molecular weight excluding hydrogens is 645 g/mol. The number of para-hydroxylation sites is 3. The van der Waals surface area contributed by atoms with Gasteiger partial charge in [0, 0.05) is 57.8 Å². The molecule has 0 N–H and O–H groups in total. The van der Waals surface area contributed by atoms with E-state index in [4.69, 9.17) is 0 Å². The second-order valence-electron chi connectivity index (χ2n) is 12.9. The van der Waals surface area contributed by atoms with Gasteiger partial charge < -0.3 is 9.47 Å². The Kier molecular flexibility index (Phi) is 6.03. The van der Waals surface area contributed by atoms with E-state index in [9.17, 15) is 0 Å². The lowest BCUT2D eigenvalue weighted by atomic mass is 10.0. The zero-order chi connectivity index (χ0) is 32.8. The Morgan fingerprint density at radius 1 is 0.400 bits per heavy atom. The summed E-state index contributed by atoms with van der Waals surface area (Å²) in [5, 5.41) is 10.2. The normalized spacial score (nSPS) is 12.0. The third-order valence-corrected chi connectivity index (χ3v) is 12.5. The predicted molar refractivity (Wildman–Crippen MR) is 219 cm³/mol. The van der Waals surface area contributed by atoms with Crippen LogP contribution in [0.25, 0.3) is 78.6 Å². The lowest BCUT2D eigenvalue weighted by Crippen LogP contribution is -2.11. The minimum absolute atomic E-state index is 1.15. The molecule has 0 saturated carbocycles. The largest absolute Gasteiger partial charge is 0.307 e. The number of anilines is 3. The maximum absolute atomic E-state index is 2.52. The van der Waals surface area contributed by atoms with Crippen LogP contribution in [0.3, 0.4) is 0 Å². The number of thiophene rings is 2. The van der Waals surface area contributed by atoms with Gasteiger partial charge in [0.2, 0.25) is 0 Å². The van der Waals surface area contributed by atoms with Crippen LogP contribution < -0.4 is 4.90 Å². The molecule has 0 radical (unpaired) electrons. The van der Waals surface area contributed by atoms with E-state index < -0.39 is 0 Å². The van der Waals surface area contributed by atoms with Crippen LogP contribution in [0, 0.1) is 0 Å². The van der Waals surface area contributed by atoms with E-state index in [-0.39, 0.29) is 0 Å². The van der Waals surface area contributed by atoms with Crippen molar-refractivity contribution in [1.29, 1.82) is 0 Å². The molecule has 2 nitrogen and oxygen atoms in total. The van der Waals surface area contributed by atoms with Crippen LogP contribution in [-0.2, 0) is 0 Å². The second-order valence-corrected chi connectivity index (χ2v) is 15.1. The van der Waals surface area contributed by atoms with Gasteiger partial charge >= 0.3 is 0 Å². The fraction of sp³-hybridized carbons (Fsp3) is 0. The molecule has 11 rings (SSSR count). The zero-order valence-electron chi connectivity index (χ0n) is 26.9. The summed E-state index contributed by atoms with van der Waals surface area (Å²) in [5.74, 6) is 0. The molecule has 0 atom stereocenters. The van der Waals surface area contributed by atoms with Crippen LogP contribution in [0.1, 0.15) is 0 Å². The van der Waals surface area contributed by atoms with Gasteiger partial charge in [-0.1, -0.05) is 103 Å². The van der Waals surface area contributed by atoms with Gasteiger partial charge in [-0.3, -0.25) is 0 Å². The zero-order valence-corrected chi connectivity index (χ0v) is 28.5. The van der Waals surface area contributed by atoms with Crippen molar-refractivity contribution in [2.45, 2.75) is 0 Å². The van der Waals surface area contributed by atoms with E-state index in [2.05, 4.69) is 179 Å². The summed E-state index contributed by atoms with van der Waals surface area (Å²) in [6, 6.07) is 62.5. The third kappa shape index (κ3) is 4.07. The first-order chi connectivity index (χ1) is 24.8. The van der Waals surface area contributed by atoms with Crippen molar-refractivity contribution >= 4 is 113 Å². The van der Waals surface area contributed by atoms with Crippen molar-refractivity contribution < 1.29 is 0 Å². The van der Waals surface area contributed by atoms with Crippen LogP contribution in [-0.4, -0.2) is 4.57 Å². The first kappa shape index (κ1) is 28.0. The standard InChI is InChI=1S/C46H28N2S2/c1-2-14-31(15-3-1)48-39-20-8-6-16-33(39)35-18-10-21-40(45(35)48)47(32-24-25-43-38(28-32)34-17-7-9-23-42(34)49-43)41-22-11-19-36-37-26-29-12-4-5-13-30(29)27-44(37)50-46(36)41/h1-28H. The van der Waals surface area contributed by atoms with Crippen LogP contribution >= 0.6 is 22.7 Å². The van der Waals surface area contributed by atoms with E-state index in [0.29, 0.717) is 0 Å². The Morgan fingerprint density at radius 2 is 1.06 bits per heavy atom. The molecule has 0 aliphatic carbocycles. The van der Waals surface area contributed by atoms with E-state index in [0.717, 1.165) is 17.1 Å². The van der Waals surface area contributed by atoms with Gasteiger partial charge in [-0.05, 0) is 77.5 Å². The number of nitrogens with zero attached hydrogens (tertiary/aromatic N) is 2. The van der Waals surface area contributed by atoms with Crippen LogP contribution in [0.2, 0.25) is 0 Å². The predicted octanol–water partition coefficient (Wildman–Crippen LogP) is 14.1. The van der Waals surface area contributed by atoms with Gasteiger partial charge in [-0.25, -0.2) is 0 Å². The van der Waals surface area contributed by atoms with E-state index >= 15 is 0 Å². The van der Waals surface area contributed by atoms with Crippen molar-refractivity contribution in [1.82, 2.24) is 4.57 Å². The molecule has 0 unspecified atom stereocenters. The highest BCUT2D eigenvalue weighted by Gasteiger charge is 2.24. The molecule has 0 fully saturated rings. The summed E-state index contributed by atoms with van der Waals surface area (Å²) in [7, 11) is 0. The van der Waals surface area contributed by atoms with Gasteiger partial charge in [-0.2, -0.15) is 0 Å². The Labute approximate surface area is 296 Å². The molecule has 8 aromatic carbocycles. The Morgan fingerprint density at radius 3 is 1.94 bits per heavy atom. The van der Waals surface area contributed by atoms with E-state index in [1.54, 1.807) is 0 Å². The van der Waals surface area contributed by atoms with E-state index in [1.165, 1.54) is 78.6 Å². The molecular formula is C46H28N2S2. The van der Waals surface area contributed by atoms with E-state index in [1.807, 2.05) is 22.7 Å². The fourth-order valence-corrected chi connectivity index (χ4v) is 10.3. The van der Waals surface area contributed by atoms with Gasteiger partial charge in [0.25, 0.3) is 0 Å². The van der Waals surface area contributed by atoms with Crippen LogP contribution in [0.5, 0.6) is 0 Å². The van der Waals surface area contributed by atoms with Crippen molar-refractivity contribution in [3.05, 3.63) is 170 Å². The summed E-state index contributed by atoms with van der Waals surface area (Å²) in [6.45, 7) is 0. The highest BCUT2D eigenvalue weighted by Crippen LogP contribution is 2.49. The number of hydrogen-bond acceptors (Lipinski definition) is 3. The quantitative estimate of drug-likeness (QED) is 0.181. The highest BCUT2D eigenvalue weighted by molar-refractivity contribution is 7.26. The van der Waals surface area contributed by atoms with Gasteiger partial charge in [0.1, 0.15) is 0 Å². The molecule has 3 heterocycles. The minimum Gasteiger partial charge on any atom is -0.307 e. The third-order valence-electron chi connectivity index (χ3n) is 10.1. The van der Waals surface area contributed by atoms with Crippen molar-refractivity contribution in [2.24, 2.45) is 0 Å². The van der Waals surface area contributed by atoms with Gasteiger partial charge in [0.15, 0.2) is 0 Å². The Bertz CT molecular complexity index is 3110. The number of benzene rings is 8. The SMILES string of the molecule is c1ccc(-n2c3ccccc3c3cccc(N(c4ccc5sc6ccccc6c5c4)c4cccc5c4sc4cc6ccccc6cc45)c32)cc1. The summed E-state index contributed by atoms with van der Waals surface area (Å²) in [6.07, 6.45) is 0. The first-order valence-corrected chi connectivity index (χ1v) is 18.6. The monoisotopic (exact) mass is 672 g/mol. The van der Waals surface area contributed by atoms with Crippen LogP contribution in [0.15, 0.2) is 170 Å². The van der Waals surface area contributed by atoms with Gasteiger partial charge in [0.05, 0.1) is 27.1 Å². The summed E-state index contributed by atoms with van der Waals surface area (Å²) in [5.41, 5.74) is 7.03. The number of hydrogen-bond donors (Lipinski definition) is 0. The maximum atomic E-state index is 2.52. The second kappa shape index (κ2) is 10.8. The molecule has 0 bridgehead atoms. The lowest BCUT2D eigenvalue weighted by Gasteiger charge is -2.28. The molecule has 0 aliphatic rings. The molecule has 4 heteroatoms. The van der Waals surface area contributed by atoms with Gasteiger partial charge in [-0.15, -0.1) is 22.7 Å². The first-order valence-electron chi connectivity index (χ1n) is 16.9. The highest BCUT2D eigenvalue weighted by atomic mass is 32.1. The molecule has 0 aliphatic heterocycles. The lowest BCUT2D eigenvalue weighted by molar-refractivity contribution is 1.17. The van der Waals surface area contributed by atoms with Crippen molar-refractivity contribution in [3.63, 3.8) is 0 Å². The number of aromatic nitrogens is 1. The molecule has 11 aromatic rings. The molecule has 0 amide bonds. The summed E-state index contributed by atoms with van der Waals surface area (Å²) >= 11 is 3.76. The fourth-order valence-electron chi connectivity index (χ4n) is 7.93. The van der Waals surface area contributed by atoms with Crippen LogP contribution in [0.4, 0.5) is 17.1 Å². The summed E-state index contributed by atoms with van der Waals surface area (Å²) in [4.78, 5) is 2.52. The number of rotatable bonds is 4. The average molecular weight is 673 g/mol.